The van der Waals surface area contributed by atoms with E-state index in [9.17, 15) is 0 Å². The zero-order valence-electron chi connectivity index (χ0n) is 14.4. The van der Waals surface area contributed by atoms with Gasteiger partial charge in [0, 0.05) is 24.2 Å². The van der Waals surface area contributed by atoms with Crippen molar-refractivity contribution in [3.8, 4) is 5.75 Å². The van der Waals surface area contributed by atoms with Gasteiger partial charge >= 0.3 is 0 Å². The van der Waals surface area contributed by atoms with Crippen molar-refractivity contribution in [2.24, 2.45) is 5.73 Å². The van der Waals surface area contributed by atoms with E-state index in [0.717, 1.165) is 38.1 Å². The fourth-order valence-corrected chi connectivity index (χ4v) is 3.11. The van der Waals surface area contributed by atoms with Gasteiger partial charge in [0.15, 0.2) is 0 Å². The molecule has 0 aliphatic heterocycles. The van der Waals surface area contributed by atoms with E-state index < -0.39 is 0 Å². The van der Waals surface area contributed by atoms with Gasteiger partial charge in [0.1, 0.15) is 5.75 Å². The van der Waals surface area contributed by atoms with E-state index >= 15 is 0 Å². The molecule has 1 aromatic rings. The van der Waals surface area contributed by atoms with Crippen LogP contribution in [-0.4, -0.2) is 30.6 Å². The predicted molar refractivity (Wildman–Crippen MR) is 90.8 cm³/mol. The van der Waals surface area contributed by atoms with Crippen molar-refractivity contribution in [1.29, 1.82) is 0 Å². The maximum absolute atomic E-state index is 6.14. The number of ether oxygens (including phenoxy) is 1. The molecule has 0 aromatic heterocycles. The molecule has 0 fully saturated rings. The van der Waals surface area contributed by atoms with Crippen molar-refractivity contribution in [1.82, 2.24) is 4.90 Å². The SMILES string of the molecule is CCCN(Cc1cc(C)ccc1OC)C(CC)(CC)CN. The van der Waals surface area contributed by atoms with Gasteiger partial charge in [0.05, 0.1) is 7.11 Å². The van der Waals surface area contributed by atoms with Crippen LogP contribution in [0.25, 0.3) is 0 Å². The molecule has 3 nitrogen and oxygen atoms in total. The molecule has 21 heavy (non-hydrogen) atoms. The van der Waals surface area contributed by atoms with E-state index in [0.29, 0.717) is 6.54 Å². The molecule has 0 aliphatic rings. The Morgan fingerprint density at radius 1 is 1.19 bits per heavy atom. The lowest BCUT2D eigenvalue weighted by molar-refractivity contribution is 0.0758. The minimum Gasteiger partial charge on any atom is -0.496 e. The van der Waals surface area contributed by atoms with Crippen LogP contribution in [0.1, 0.15) is 51.2 Å². The highest BCUT2D eigenvalue weighted by Gasteiger charge is 2.31. The van der Waals surface area contributed by atoms with Crippen LogP contribution < -0.4 is 10.5 Å². The molecule has 0 saturated carbocycles. The van der Waals surface area contributed by atoms with Crippen molar-refractivity contribution in [2.45, 2.75) is 59.0 Å². The number of rotatable bonds is 9. The number of methoxy groups -OCH3 is 1. The normalized spacial score (nSPS) is 12.0. The Balaban J connectivity index is 3.10. The summed E-state index contributed by atoms with van der Waals surface area (Å²) in [5.74, 6) is 0.972. The van der Waals surface area contributed by atoms with Crippen LogP contribution in [0, 0.1) is 6.92 Å². The Hall–Kier alpha value is -1.06. The number of aryl methyl sites for hydroxylation is 1. The third-order valence-corrected chi connectivity index (χ3v) is 4.66. The molecule has 0 bridgehead atoms. The lowest BCUT2D eigenvalue weighted by Gasteiger charge is -2.43. The molecule has 0 saturated heterocycles. The third-order valence-electron chi connectivity index (χ3n) is 4.66. The standard InChI is InChI=1S/C18H32N2O/c1-6-11-20(18(7-2,8-3)14-19)13-16-12-15(4)9-10-17(16)21-5/h9-10,12H,6-8,11,13-14,19H2,1-5H3. The Kier molecular flexibility index (Phi) is 7.20. The smallest absolute Gasteiger partial charge is 0.123 e. The first-order chi connectivity index (χ1) is 10.1. The summed E-state index contributed by atoms with van der Waals surface area (Å²) in [4.78, 5) is 2.55. The van der Waals surface area contributed by atoms with Crippen molar-refractivity contribution in [2.75, 3.05) is 20.2 Å². The predicted octanol–water partition coefficient (Wildman–Crippen LogP) is 3.73. The Morgan fingerprint density at radius 3 is 2.33 bits per heavy atom. The van der Waals surface area contributed by atoms with Gasteiger partial charge in [-0.3, -0.25) is 4.90 Å². The van der Waals surface area contributed by atoms with Crippen molar-refractivity contribution >= 4 is 0 Å². The van der Waals surface area contributed by atoms with Gasteiger partial charge in [0.25, 0.3) is 0 Å². The number of nitrogens with two attached hydrogens (primary N) is 1. The van der Waals surface area contributed by atoms with Gasteiger partial charge in [-0.2, -0.15) is 0 Å². The molecule has 0 unspecified atom stereocenters. The molecule has 2 N–H and O–H groups in total. The van der Waals surface area contributed by atoms with E-state index in [1.165, 1.54) is 11.1 Å². The molecule has 1 aromatic carbocycles. The number of nitrogens with zero attached hydrogens (tertiary/aromatic N) is 1. The summed E-state index contributed by atoms with van der Waals surface area (Å²) in [5, 5.41) is 0. The molecule has 3 heteroatoms. The van der Waals surface area contributed by atoms with E-state index in [-0.39, 0.29) is 5.54 Å². The van der Waals surface area contributed by atoms with Crippen LogP contribution in [0.3, 0.4) is 0 Å². The van der Waals surface area contributed by atoms with Gasteiger partial charge in [-0.15, -0.1) is 0 Å². The van der Waals surface area contributed by atoms with Crippen molar-refractivity contribution in [3.05, 3.63) is 29.3 Å². The largest absolute Gasteiger partial charge is 0.496 e. The average Bonchev–Trinajstić information content (AvgIpc) is 2.50. The molecule has 0 spiro atoms. The molecule has 0 amide bonds. The van der Waals surface area contributed by atoms with Crippen LogP contribution >= 0.6 is 0 Å². The van der Waals surface area contributed by atoms with Gasteiger partial charge in [-0.25, -0.2) is 0 Å². The Labute approximate surface area is 130 Å². The third kappa shape index (κ3) is 4.21. The first kappa shape index (κ1) is 18.0. The molecular formula is C18H32N2O. The van der Waals surface area contributed by atoms with E-state index in [2.05, 4.69) is 50.8 Å². The zero-order chi connectivity index (χ0) is 15.9. The lowest BCUT2D eigenvalue weighted by atomic mass is 9.89. The van der Waals surface area contributed by atoms with Crippen LogP contribution in [0.5, 0.6) is 5.75 Å². The maximum Gasteiger partial charge on any atom is 0.123 e. The summed E-state index contributed by atoms with van der Waals surface area (Å²) in [5.41, 5.74) is 8.76. The summed E-state index contributed by atoms with van der Waals surface area (Å²) < 4.78 is 5.54. The van der Waals surface area contributed by atoms with Crippen molar-refractivity contribution in [3.63, 3.8) is 0 Å². The highest BCUT2D eigenvalue weighted by molar-refractivity contribution is 5.37. The molecule has 0 heterocycles. The van der Waals surface area contributed by atoms with Crippen LogP contribution in [0.2, 0.25) is 0 Å². The average molecular weight is 292 g/mol. The van der Waals surface area contributed by atoms with E-state index in [1.54, 1.807) is 7.11 Å². The second-order valence-corrected chi connectivity index (χ2v) is 5.87. The van der Waals surface area contributed by atoms with Crippen molar-refractivity contribution < 1.29 is 4.74 Å². The molecule has 1 rings (SSSR count). The Bertz CT molecular complexity index is 419. The zero-order valence-corrected chi connectivity index (χ0v) is 14.4. The van der Waals surface area contributed by atoms with E-state index in [4.69, 9.17) is 10.5 Å². The molecular weight excluding hydrogens is 260 g/mol. The molecule has 0 atom stereocenters. The van der Waals surface area contributed by atoms with E-state index in [1.807, 2.05) is 0 Å². The van der Waals surface area contributed by atoms with Gasteiger partial charge in [0.2, 0.25) is 0 Å². The summed E-state index contributed by atoms with van der Waals surface area (Å²) >= 11 is 0. The van der Waals surface area contributed by atoms with Crippen LogP contribution in [0.15, 0.2) is 18.2 Å². The first-order valence-electron chi connectivity index (χ1n) is 8.15. The summed E-state index contributed by atoms with van der Waals surface area (Å²) in [6.45, 7) is 11.5. The van der Waals surface area contributed by atoms with Crippen LogP contribution in [-0.2, 0) is 6.54 Å². The second-order valence-electron chi connectivity index (χ2n) is 5.87. The fraction of sp³-hybridized carbons (Fsp3) is 0.667. The summed E-state index contributed by atoms with van der Waals surface area (Å²) in [6.07, 6.45) is 3.29. The number of hydrogen-bond donors (Lipinski definition) is 1. The second kappa shape index (κ2) is 8.40. The minimum atomic E-state index is 0.0881. The van der Waals surface area contributed by atoms with Crippen LogP contribution in [0.4, 0.5) is 0 Å². The highest BCUT2D eigenvalue weighted by atomic mass is 16.5. The highest BCUT2D eigenvalue weighted by Crippen LogP contribution is 2.29. The first-order valence-corrected chi connectivity index (χ1v) is 8.15. The lowest BCUT2D eigenvalue weighted by Crippen LogP contribution is -2.53. The molecule has 0 radical (unpaired) electrons. The van der Waals surface area contributed by atoms with Gasteiger partial charge < -0.3 is 10.5 Å². The summed E-state index contributed by atoms with van der Waals surface area (Å²) in [6, 6.07) is 6.40. The monoisotopic (exact) mass is 292 g/mol. The fourth-order valence-electron chi connectivity index (χ4n) is 3.11. The quantitative estimate of drug-likeness (QED) is 0.753. The molecule has 120 valence electrons. The van der Waals surface area contributed by atoms with Gasteiger partial charge in [-0.1, -0.05) is 38.5 Å². The Morgan fingerprint density at radius 2 is 1.86 bits per heavy atom. The maximum atomic E-state index is 6.14. The number of hydrogen-bond acceptors (Lipinski definition) is 3. The summed E-state index contributed by atoms with van der Waals surface area (Å²) in [7, 11) is 1.74. The topological polar surface area (TPSA) is 38.5 Å². The minimum absolute atomic E-state index is 0.0881. The molecule has 0 aliphatic carbocycles. The van der Waals surface area contributed by atoms with Gasteiger partial charge in [-0.05, 0) is 38.8 Å². The number of benzene rings is 1.